The van der Waals surface area contributed by atoms with E-state index in [1.54, 1.807) is 12.1 Å². The zero-order chi connectivity index (χ0) is 13.0. The van der Waals surface area contributed by atoms with Gasteiger partial charge >= 0.3 is 0 Å². The number of nitriles is 2. The minimum atomic E-state index is 0.222. The number of hydrogen-bond donors (Lipinski definition) is 1. The van der Waals surface area contributed by atoms with Crippen LogP contribution in [0.25, 0.3) is 0 Å². The first kappa shape index (κ1) is 11.6. The molecular formula is C13H9N5. The third-order valence-electron chi connectivity index (χ3n) is 2.42. The lowest BCUT2D eigenvalue weighted by Crippen LogP contribution is -2.00. The largest absolute Gasteiger partial charge is 0.338 e. The summed E-state index contributed by atoms with van der Waals surface area (Å²) in [7, 11) is 0. The molecule has 18 heavy (non-hydrogen) atoms. The third kappa shape index (κ3) is 2.26. The van der Waals surface area contributed by atoms with Crippen LogP contribution in [0.2, 0.25) is 0 Å². The van der Waals surface area contributed by atoms with E-state index in [0.29, 0.717) is 11.4 Å². The molecule has 0 atom stereocenters. The zero-order valence-corrected chi connectivity index (χ0v) is 9.68. The van der Waals surface area contributed by atoms with E-state index in [9.17, 15) is 0 Å². The van der Waals surface area contributed by atoms with Crippen molar-refractivity contribution in [1.29, 1.82) is 10.5 Å². The van der Waals surface area contributed by atoms with Crippen LogP contribution in [0, 0.1) is 29.6 Å². The fourth-order valence-corrected chi connectivity index (χ4v) is 1.47. The summed E-state index contributed by atoms with van der Waals surface area (Å²) in [5.41, 5.74) is 2.47. The summed E-state index contributed by atoms with van der Waals surface area (Å²) in [4.78, 5) is 7.98. The highest BCUT2D eigenvalue weighted by Gasteiger charge is 2.06. The van der Waals surface area contributed by atoms with Crippen LogP contribution >= 0.6 is 0 Å². The average Bonchev–Trinajstić information content (AvgIpc) is 2.42. The van der Waals surface area contributed by atoms with Gasteiger partial charge in [0.1, 0.15) is 6.07 Å². The molecule has 0 saturated carbocycles. The molecule has 1 heterocycles. The van der Waals surface area contributed by atoms with Gasteiger partial charge in [0.15, 0.2) is 11.5 Å². The van der Waals surface area contributed by atoms with Gasteiger partial charge in [0.05, 0.1) is 11.6 Å². The second-order valence-corrected chi connectivity index (χ2v) is 3.63. The van der Waals surface area contributed by atoms with Crippen molar-refractivity contribution >= 4 is 11.5 Å². The molecule has 0 unspecified atom stereocenters. The Labute approximate surface area is 104 Å². The molecule has 0 fully saturated rings. The first-order valence-corrected chi connectivity index (χ1v) is 5.23. The monoisotopic (exact) mass is 235 g/mol. The van der Waals surface area contributed by atoms with Gasteiger partial charge in [-0.15, -0.1) is 0 Å². The summed E-state index contributed by atoms with van der Waals surface area (Å²) in [6.45, 7) is 1.91. The predicted molar refractivity (Wildman–Crippen MR) is 65.9 cm³/mol. The zero-order valence-electron chi connectivity index (χ0n) is 9.68. The van der Waals surface area contributed by atoms with Crippen LogP contribution in [-0.4, -0.2) is 9.97 Å². The molecule has 0 amide bonds. The number of aryl methyl sites for hydroxylation is 1. The molecule has 0 radical (unpaired) electrons. The molecule has 0 spiro atoms. The van der Waals surface area contributed by atoms with Gasteiger partial charge in [-0.25, -0.2) is 9.97 Å². The summed E-state index contributed by atoms with van der Waals surface area (Å²) in [6, 6.07) is 9.32. The highest BCUT2D eigenvalue weighted by Crippen LogP contribution is 2.21. The van der Waals surface area contributed by atoms with Gasteiger partial charge in [-0.2, -0.15) is 10.5 Å². The third-order valence-corrected chi connectivity index (χ3v) is 2.42. The second kappa shape index (κ2) is 4.94. The minimum absolute atomic E-state index is 0.222. The molecule has 5 heteroatoms. The summed E-state index contributed by atoms with van der Waals surface area (Å²) in [5, 5.41) is 20.8. The number of nitrogens with one attached hydrogen (secondary N) is 1. The fourth-order valence-electron chi connectivity index (χ4n) is 1.47. The van der Waals surface area contributed by atoms with Crippen molar-refractivity contribution in [2.24, 2.45) is 0 Å². The highest BCUT2D eigenvalue weighted by atomic mass is 15.0. The van der Waals surface area contributed by atoms with Crippen LogP contribution in [0.5, 0.6) is 0 Å². The molecule has 1 N–H and O–H groups in total. The number of anilines is 2. The summed E-state index contributed by atoms with van der Waals surface area (Å²) in [6.07, 6.45) is 2.97. The number of nitrogens with zero attached hydrogens (tertiary/aromatic N) is 4. The average molecular weight is 235 g/mol. The quantitative estimate of drug-likeness (QED) is 0.862. The molecule has 5 nitrogen and oxygen atoms in total. The summed E-state index contributed by atoms with van der Waals surface area (Å²) < 4.78 is 0. The molecule has 2 aromatic rings. The number of rotatable bonds is 2. The van der Waals surface area contributed by atoms with Gasteiger partial charge in [0.25, 0.3) is 0 Å². The maximum Gasteiger partial charge on any atom is 0.183 e. The van der Waals surface area contributed by atoms with Crippen molar-refractivity contribution in [3.63, 3.8) is 0 Å². The van der Waals surface area contributed by atoms with Crippen molar-refractivity contribution in [2.45, 2.75) is 6.92 Å². The second-order valence-electron chi connectivity index (χ2n) is 3.63. The van der Waals surface area contributed by atoms with Crippen molar-refractivity contribution in [3.05, 3.63) is 47.4 Å². The lowest BCUT2D eigenvalue weighted by molar-refractivity contribution is 1.16. The van der Waals surface area contributed by atoms with Gasteiger partial charge in [-0.3, -0.25) is 0 Å². The molecule has 1 aromatic heterocycles. The SMILES string of the molecule is Cc1ccc(C#N)cc1Nc1nccnc1C#N. The molecule has 1 aromatic carbocycles. The molecule has 2 rings (SSSR count). The van der Waals surface area contributed by atoms with Crippen molar-refractivity contribution < 1.29 is 0 Å². The van der Waals surface area contributed by atoms with Crippen LogP contribution in [0.15, 0.2) is 30.6 Å². The minimum Gasteiger partial charge on any atom is -0.338 e. The first-order chi connectivity index (χ1) is 8.74. The Bertz CT molecular complexity index is 664. The molecule has 0 aliphatic heterocycles. The molecule has 0 saturated heterocycles. The lowest BCUT2D eigenvalue weighted by Gasteiger charge is -2.09. The van der Waals surface area contributed by atoms with Gasteiger partial charge in [-0.05, 0) is 24.6 Å². The van der Waals surface area contributed by atoms with Gasteiger partial charge in [0, 0.05) is 18.1 Å². The molecule has 86 valence electrons. The predicted octanol–water partition coefficient (Wildman–Crippen LogP) is 2.27. The van der Waals surface area contributed by atoms with Gasteiger partial charge in [0.2, 0.25) is 0 Å². The number of aromatic nitrogens is 2. The van der Waals surface area contributed by atoms with Crippen LogP contribution in [-0.2, 0) is 0 Å². The molecule has 0 aliphatic carbocycles. The topological polar surface area (TPSA) is 85.4 Å². The maximum absolute atomic E-state index is 8.92. The van der Waals surface area contributed by atoms with Gasteiger partial charge in [-0.1, -0.05) is 6.07 Å². The van der Waals surface area contributed by atoms with Crippen LogP contribution in [0.3, 0.4) is 0 Å². The molecular weight excluding hydrogens is 226 g/mol. The van der Waals surface area contributed by atoms with E-state index in [2.05, 4.69) is 21.4 Å². The van der Waals surface area contributed by atoms with Crippen molar-refractivity contribution in [2.75, 3.05) is 5.32 Å². The molecule has 0 bridgehead atoms. The number of hydrogen-bond acceptors (Lipinski definition) is 5. The van der Waals surface area contributed by atoms with Crippen LogP contribution < -0.4 is 5.32 Å². The highest BCUT2D eigenvalue weighted by molar-refractivity contribution is 5.65. The number of benzene rings is 1. The Hall–Kier alpha value is -2.92. The van der Waals surface area contributed by atoms with E-state index >= 15 is 0 Å². The summed E-state index contributed by atoms with van der Waals surface area (Å²) in [5.74, 6) is 0.387. The Morgan fingerprint density at radius 3 is 2.61 bits per heavy atom. The Morgan fingerprint density at radius 1 is 1.11 bits per heavy atom. The Kier molecular flexibility index (Phi) is 3.17. The van der Waals surface area contributed by atoms with Crippen molar-refractivity contribution in [1.82, 2.24) is 9.97 Å². The fraction of sp³-hybridized carbons (Fsp3) is 0.0769. The summed E-state index contributed by atoms with van der Waals surface area (Å²) >= 11 is 0. The Balaban J connectivity index is 2.41. The van der Waals surface area contributed by atoms with Gasteiger partial charge < -0.3 is 5.32 Å². The van der Waals surface area contributed by atoms with E-state index in [1.165, 1.54) is 12.4 Å². The first-order valence-electron chi connectivity index (χ1n) is 5.23. The molecule has 0 aliphatic rings. The normalized spacial score (nSPS) is 9.28. The van der Waals surface area contributed by atoms with Crippen molar-refractivity contribution in [3.8, 4) is 12.1 Å². The van der Waals surface area contributed by atoms with E-state index in [0.717, 1.165) is 11.3 Å². The lowest BCUT2D eigenvalue weighted by atomic mass is 10.1. The standard InChI is InChI=1S/C13H9N5/c1-9-2-3-10(7-14)6-11(9)18-13-12(8-15)16-4-5-17-13/h2-6H,1H3,(H,17,18). The van der Waals surface area contributed by atoms with Crippen LogP contribution in [0.4, 0.5) is 11.5 Å². The maximum atomic E-state index is 8.92. The van der Waals surface area contributed by atoms with E-state index in [-0.39, 0.29) is 5.69 Å². The van der Waals surface area contributed by atoms with E-state index in [4.69, 9.17) is 10.5 Å². The smallest absolute Gasteiger partial charge is 0.183 e. The Morgan fingerprint density at radius 2 is 1.89 bits per heavy atom. The van der Waals surface area contributed by atoms with E-state index in [1.807, 2.05) is 19.1 Å². The van der Waals surface area contributed by atoms with Crippen LogP contribution in [0.1, 0.15) is 16.8 Å². The van der Waals surface area contributed by atoms with E-state index < -0.39 is 0 Å².